The Morgan fingerprint density at radius 2 is 1.57 bits per heavy atom. The monoisotopic (exact) mass is 420 g/mol. The number of halogens is 1. The Labute approximate surface area is 171 Å². The van der Waals surface area contributed by atoms with Gasteiger partial charge in [0.2, 0.25) is 0 Å². The summed E-state index contributed by atoms with van der Waals surface area (Å²) >= 11 is 6.25. The Hall–Kier alpha value is -2.05. The molecule has 0 atom stereocenters. The highest BCUT2D eigenvalue weighted by molar-refractivity contribution is 7.92. The number of hydrogen-bond acceptors (Lipinski definition) is 3. The fourth-order valence-corrected chi connectivity index (χ4v) is 4.80. The number of hydrogen-bond donors (Lipinski definition) is 2. The van der Waals surface area contributed by atoms with Crippen LogP contribution in [0.15, 0.2) is 53.4 Å². The molecule has 2 N–H and O–H groups in total. The minimum atomic E-state index is -3.73. The number of carbonyl (C=O) groups is 1. The highest BCUT2D eigenvalue weighted by Gasteiger charge is 2.18. The van der Waals surface area contributed by atoms with Crippen LogP contribution >= 0.6 is 11.6 Å². The standard InChI is InChI=1S/C21H25ClN2O3S/c22-19-15-16(21(25)23-17-9-5-2-1-3-6-10-17)13-14-20(19)24-28(26,27)18-11-7-4-8-12-18/h4,7-8,11-15,17,24H,1-3,5-6,9-10H2,(H,23,25). The molecule has 0 heterocycles. The van der Waals surface area contributed by atoms with E-state index in [1.54, 1.807) is 24.3 Å². The Balaban J connectivity index is 1.68. The van der Waals surface area contributed by atoms with E-state index in [9.17, 15) is 13.2 Å². The molecule has 150 valence electrons. The zero-order valence-corrected chi connectivity index (χ0v) is 17.2. The molecule has 0 aromatic heterocycles. The Bertz CT molecular complexity index is 909. The summed E-state index contributed by atoms with van der Waals surface area (Å²) in [6.45, 7) is 0. The van der Waals surface area contributed by atoms with Crippen molar-refractivity contribution in [3.05, 3.63) is 59.1 Å². The summed E-state index contributed by atoms with van der Waals surface area (Å²) in [7, 11) is -3.73. The van der Waals surface area contributed by atoms with E-state index in [-0.39, 0.29) is 27.6 Å². The summed E-state index contributed by atoms with van der Waals surface area (Å²) in [4.78, 5) is 12.7. The van der Waals surface area contributed by atoms with E-state index in [0.717, 1.165) is 25.7 Å². The predicted molar refractivity (Wildman–Crippen MR) is 112 cm³/mol. The first-order valence-corrected chi connectivity index (χ1v) is 11.5. The van der Waals surface area contributed by atoms with Gasteiger partial charge >= 0.3 is 0 Å². The van der Waals surface area contributed by atoms with E-state index >= 15 is 0 Å². The van der Waals surface area contributed by atoms with E-state index in [4.69, 9.17) is 11.6 Å². The first kappa shape index (κ1) is 20.7. The average Bonchev–Trinajstić information content (AvgIpc) is 2.66. The number of amides is 1. The van der Waals surface area contributed by atoms with Crippen LogP contribution in [-0.4, -0.2) is 20.4 Å². The van der Waals surface area contributed by atoms with Gasteiger partial charge in [-0.2, -0.15) is 0 Å². The SMILES string of the molecule is O=C(NC1CCCCCCC1)c1ccc(NS(=O)(=O)c2ccccc2)c(Cl)c1. The van der Waals surface area contributed by atoms with Gasteiger partial charge in [0.15, 0.2) is 0 Å². The van der Waals surface area contributed by atoms with Crippen molar-refractivity contribution in [1.82, 2.24) is 5.32 Å². The van der Waals surface area contributed by atoms with Crippen LogP contribution in [0.3, 0.4) is 0 Å². The Morgan fingerprint density at radius 1 is 0.929 bits per heavy atom. The summed E-state index contributed by atoms with van der Waals surface area (Å²) in [5, 5.41) is 3.27. The molecular formula is C21H25ClN2O3S. The molecule has 1 amide bonds. The smallest absolute Gasteiger partial charge is 0.261 e. The van der Waals surface area contributed by atoms with Crippen molar-refractivity contribution in [2.24, 2.45) is 0 Å². The third-order valence-corrected chi connectivity index (χ3v) is 6.66. The van der Waals surface area contributed by atoms with Gasteiger partial charge in [0.05, 0.1) is 15.6 Å². The van der Waals surface area contributed by atoms with Crippen LogP contribution in [0, 0.1) is 0 Å². The highest BCUT2D eigenvalue weighted by Crippen LogP contribution is 2.26. The molecule has 0 spiro atoms. The molecule has 0 unspecified atom stereocenters. The molecular weight excluding hydrogens is 396 g/mol. The van der Waals surface area contributed by atoms with Crippen molar-refractivity contribution in [2.75, 3.05) is 4.72 Å². The maximum Gasteiger partial charge on any atom is 0.261 e. The highest BCUT2D eigenvalue weighted by atomic mass is 35.5. The van der Waals surface area contributed by atoms with Crippen molar-refractivity contribution in [2.45, 2.75) is 55.9 Å². The molecule has 28 heavy (non-hydrogen) atoms. The molecule has 1 aliphatic rings. The second kappa shape index (κ2) is 9.43. The molecule has 5 nitrogen and oxygen atoms in total. The van der Waals surface area contributed by atoms with Crippen molar-refractivity contribution in [3.8, 4) is 0 Å². The maximum absolute atomic E-state index is 12.6. The molecule has 1 aliphatic carbocycles. The zero-order valence-electron chi connectivity index (χ0n) is 15.7. The number of rotatable bonds is 5. The lowest BCUT2D eigenvalue weighted by atomic mass is 9.96. The molecule has 1 saturated carbocycles. The van der Waals surface area contributed by atoms with E-state index in [1.165, 1.54) is 43.5 Å². The van der Waals surface area contributed by atoms with Crippen LogP contribution in [-0.2, 0) is 10.0 Å². The first-order valence-electron chi connectivity index (χ1n) is 9.64. The Kier molecular flexibility index (Phi) is 6.97. The van der Waals surface area contributed by atoms with Crippen LogP contribution in [0.4, 0.5) is 5.69 Å². The van der Waals surface area contributed by atoms with Crippen LogP contribution in [0.1, 0.15) is 55.3 Å². The van der Waals surface area contributed by atoms with Gasteiger partial charge in [-0.15, -0.1) is 0 Å². The maximum atomic E-state index is 12.6. The van der Waals surface area contributed by atoms with Crippen LogP contribution < -0.4 is 10.0 Å². The van der Waals surface area contributed by atoms with Crippen molar-refractivity contribution in [3.63, 3.8) is 0 Å². The van der Waals surface area contributed by atoms with Gasteiger partial charge in [-0.1, -0.05) is 61.9 Å². The second-order valence-electron chi connectivity index (χ2n) is 7.13. The fraction of sp³-hybridized carbons (Fsp3) is 0.381. The van der Waals surface area contributed by atoms with Gasteiger partial charge in [0.25, 0.3) is 15.9 Å². The number of carbonyl (C=O) groups excluding carboxylic acids is 1. The average molecular weight is 421 g/mol. The molecule has 0 saturated heterocycles. The summed E-state index contributed by atoms with van der Waals surface area (Å²) in [5.41, 5.74) is 0.669. The fourth-order valence-electron chi connectivity index (χ4n) is 3.41. The lowest BCUT2D eigenvalue weighted by molar-refractivity contribution is 0.0930. The topological polar surface area (TPSA) is 75.3 Å². The second-order valence-corrected chi connectivity index (χ2v) is 9.22. The zero-order chi connectivity index (χ0) is 20.0. The van der Waals surface area contributed by atoms with E-state index in [0.29, 0.717) is 5.56 Å². The summed E-state index contributed by atoms with van der Waals surface area (Å²) in [6, 6.07) is 12.9. The number of anilines is 1. The third kappa shape index (κ3) is 5.49. The lowest BCUT2D eigenvalue weighted by Crippen LogP contribution is -2.35. The van der Waals surface area contributed by atoms with Crippen molar-refractivity contribution in [1.29, 1.82) is 0 Å². The molecule has 0 bridgehead atoms. The molecule has 0 radical (unpaired) electrons. The summed E-state index contributed by atoms with van der Waals surface area (Å²) < 4.78 is 27.4. The van der Waals surface area contributed by atoms with Crippen LogP contribution in [0.2, 0.25) is 5.02 Å². The van der Waals surface area contributed by atoms with Gasteiger partial charge in [0.1, 0.15) is 0 Å². The predicted octanol–water partition coefficient (Wildman–Crippen LogP) is 4.98. The molecule has 3 rings (SSSR count). The normalized spacial score (nSPS) is 16.0. The first-order chi connectivity index (χ1) is 13.5. The summed E-state index contributed by atoms with van der Waals surface area (Å²) in [6.07, 6.45) is 7.96. The largest absolute Gasteiger partial charge is 0.349 e. The van der Waals surface area contributed by atoms with Gasteiger partial charge in [-0.3, -0.25) is 9.52 Å². The Morgan fingerprint density at radius 3 is 2.21 bits per heavy atom. The van der Waals surface area contributed by atoms with E-state index in [2.05, 4.69) is 10.0 Å². The summed E-state index contributed by atoms with van der Waals surface area (Å²) in [5.74, 6) is -0.176. The number of nitrogens with one attached hydrogen (secondary N) is 2. The van der Waals surface area contributed by atoms with Crippen LogP contribution in [0.25, 0.3) is 0 Å². The quantitative estimate of drug-likeness (QED) is 0.715. The molecule has 2 aromatic carbocycles. The van der Waals surface area contributed by atoms with Gasteiger partial charge in [-0.25, -0.2) is 8.42 Å². The van der Waals surface area contributed by atoms with Gasteiger partial charge in [0, 0.05) is 11.6 Å². The van der Waals surface area contributed by atoms with E-state index in [1.807, 2.05) is 0 Å². The molecule has 2 aromatic rings. The number of benzene rings is 2. The third-order valence-electron chi connectivity index (χ3n) is 4.97. The molecule has 7 heteroatoms. The molecule has 1 fully saturated rings. The van der Waals surface area contributed by atoms with Crippen molar-refractivity contribution >= 4 is 33.2 Å². The minimum absolute atomic E-state index is 0.150. The van der Waals surface area contributed by atoms with E-state index < -0.39 is 10.0 Å². The van der Waals surface area contributed by atoms with Gasteiger partial charge < -0.3 is 5.32 Å². The van der Waals surface area contributed by atoms with Crippen LogP contribution in [0.5, 0.6) is 0 Å². The lowest BCUT2D eigenvalue weighted by Gasteiger charge is -2.21. The number of sulfonamides is 1. The molecule has 0 aliphatic heterocycles. The van der Waals surface area contributed by atoms with Crippen molar-refractivity contribution < 1.29 is 13.2 Å². The van der Waals surface area contributed by atoms with Gasteiger partial charge in [-0.05, 0) is 43.2 Å². The minimum Gasteiger partial charge on any atom is -0.349 e.